The Morgan fingerprint density at radius 1 is 1.33 bits per heavy atom. The largest absolute Gasteiger partial charge is 0.331 e. The van der Waals surface area contributed by atoms with Crippen molar-refractivity contribution in [2.24, 2.45) is 0 Å². The number of hydrogen-bond donors (Lipinski definition) is 0. The van der Waals surface area contributed by atoms with E-state index in [0.717, 1.165) is 37.7 Å². The second-order valence-electron chi connectivity index (χ2n) is 5.07. The van der Waals surface area contributed by atoms with E-state index in [2.05, 4.69) is 10.2 Å². The minimum atomic E-state index is 0.0426. The summed E-state index contributed by atoms with van der Waals surface area (Å²) in [4.78, 5) is 14.6. The van der Waals surface area contributed by atoms with Crippen LogP contribution in [0, 0.1) is 0 Å². The quantitative estimate of drug-likeness (QED) is 0.840. The van der Waals surface area contributed by atoms with Gasteiger partial charge < -0.3 is 4.90 Å². The smallest absolute Gasteiger partial charge is 0.275 e. The Kier molecular flexibility index (Phi) is 2.98. The molecule has 1 amide bonds. The molecule has 0 spiro atoms. The van der Waals surface area contributed by atoms with E-state index in [0.29, 0.717) is 22.9 Å². The van der Waals surface area contributed by atoms with Gasteiger partial charge in [0.25, 0.3) is 5.91 Å². The van der Waals surface area contributed by atoms with Crippen LogP contribution < -0.4 is 0 Å². The number of rotatable bonds is 4. The van der Waals surface area contributed by atoms with Crippen molar-refractivity contribution in [2.75, 3.05) is 0 Å². The minimum Gasteiger partial charge on any atom is -0.331 e. The molecule has 0 bridgehead atoms. The Hall–Kier alpha value is -1.16. The van der Waals surface area contributed by atoms with Gasteiger partial charge in [0.05, 0.1) is 0 Å². The number of amides is 1. The van der Waals surface area contributed by atoms with Crippen molar-refractivity contribution < 1.29 is 4.79 Å². The fourth-order valence-corrected chi connectivity index (χ4v) is 2.48. The molecule has 0 aromatic carbocycles. The Balaban J connectivity index is 1.90. The lowest BCUT2D eigenvalue weighted by Crippen LogP contribution is -2.36. The van der Waals surface area contributed by atoms with Crippen LogP contribution >= 0.6 is 11.6 Å². The summed E-state index contributed by atoms with van der Waals surface area (Å²) in [5.74, 6) is 0.0426. The van der Waals surface area contributed by atoms with Crippen LogP contribution in [0.1, 0.15) is 48.7 Å². The lowest BCUT2D eigenvalue weighted by molar-refractivity contribution is 0.0721. The molecule has 0 radical (unpaired) electrons. The van der Waals surface area contributed by atoms with Crippen molar-refractivity contribution >= 4 is 17.5 Å². The van der Waals surface area contributed by atoms with E-state index in [9.17, 15) is 4.79 Å². The molecule has 0 aliphatic heterocycles. The molecule has 0 unspecified atom stereocenters. The van der Waals surface area contributed by atoms with Crippen molar-refractivity contribution in [1.29, 1.82) is 0 Å². The summed E-state index contributed by atoms with van der Waals surface area (Å²) < 4.78 is 0. The monoisotopic (exact) mass is 265 g/mol. The first-order valence-corrected chi connectivity index (χ1v) is 6.93. The molecule has 2 fully saturated rings. The zero-order chi connectivity index (χ0) is 12.7. The highest BCUT2D eigenvalue weighted by molar-refractivity contribution is 6.29. The highest BCUT2D eigenvalue weighted by Gasteiger charge is 2.43. The third-order valence-corrected chi connectivity index (χ3v) is 3.73. The second kappa shape index (κ2) is 4.50. The normalized spacial score (nSPS) is 18.8. The van der Waals surface area contributed by atoms with E-state index < -0.39 is 0 Å². The number of aryl methyl sites for hydroxylation is 1. The molecule has 1 aromatic heterocycles. The summed E-state index contributed by atoms with van der Waals surface area (Å²) in [6.07, 6.45) is 5.27. The van der Waals surface area contributed by atoms with Crippen LogP contribution in [-0.2, 0) is 6.42 Å². The zero-order valence-corrected chi connectivity index (χ0v) is 11.2. The lowest BCUT2D eigenvalue weighted by Gasteiger charge is -2.22. The van der Waals surface area contributed by atoms with Gasteiger partial charge in [-0.3, -0.25) is 4.79 Å². The average molecular weight is 266 g/mol. The SMILES string of the molecule is CCc1cc(Cl)nnc1C(=O)N(C1CC1)C1CC1. The summed E-state index contributed by atoms with van der Waals surface area (Å²) >= 11 is 5.83. The highest BCUT2D eigenvalue weighted by atomic mass is 35.5. The number of nitrogens with zero attached hydrogens (tertiary/aromatic N) is 3. The third kappa shape index (κ3) is 2.21. The molecule has 5 heteroatoms. The van der Waals surface area contributed by atoms with Gasteiger partial charge in [0.1, 0.15) is 0 Å². The molecule has 1 heterocycles. The van der Waals surface area contributed by atoms with E-state index in [4.69, 9.17) is 11.6 Å². The van der Waals surface area contributed by atoms with Crippen LogP contribution in [-0.4, -0.2) is 33.1 Å². The Labute approximate surface area is 111 Å². The first-order chi connectivity index (χ1) is 8.70. The number of carbonyl (C=O) groups excluding carboxylic acids is 1. The molecule has 3 rings (SSSR count). The average Bonchev–Trinajstić information content (AvgIpc) is 3.22. The molecule has 96 valence electrons. The molecular weight excluding hydrogens is 250 g/mol. The molecule has 0 saturated heterocycles. The maximum absolute atomic E-state index is 12.6. The van der Waals surface area contributed by atoms with Gasteiger partial charge in [-0.15, -0.1) is 10.2 Å². The van der Waals surface area contributed by atoms with E-state index in [1.165, 1.54) is 0 Å². The Morgan fingerprint density at radius 2 is 1.94 bits per heavy atom. The van der Waals surface area contributed by atoms with Gasteiger partial charge in [-0.25, -0.2) is 0 Å². The van der Waals surface area contributed by atoms with E-state index in [-0.39, 0.29) is 5.91 Å². The van der Waals surface area contributed by atoms with Crippen molar-refractivity contribution in [3.8, 4) is 0 Å². The Morgan fingerprint density at radius 3 is 2.44 bits per heavy atom. The second-order valence-corrected chi connectivity index (χ2v) is 5.46. The summed E-state index contributed by atoms with van der Waals surface area (Å²) in [5.41, 5.74) is 1.38. The summed E-state index contributed by atoms with van der Waals surface area (Å²) in [5, 5.41) is 8.19. The molecule has 1 aromatic rings. The van der Waals surface area contributed by atoms with Gasteiger partial charge >= 0.3 is 0 Å². The first-order valence-electron chi connectivity index (χ1n) is 6.55. The van der Waals surface area contributed by atoms with E-state index >= 15 is 0 Å². The minimum absolute atomic E-state index is 0.0426. The molecule has 4 nitrogen and oxygen atoms in total. The van der Waals surface area contributed by atoms with Gasteiger partial charge in [0.15, 0.2) is 10.8 Å². The van der Waals surface area contributed by atoms with Crippen LogP contribution in [0.3, 0.4) is 0 Å². The maximum atomic E-state index is 12.6. The molecule has 2 aliphatic rings. The molecule has 0 N–H and O–H groups in total. The number of carbonyl (C=O) groups is 1. The zero-order valence-electron chi connectivity index (χ0n) is 10.4. The lowest BCUT2D eigenvalue weighted by atomic mass is 10.1. The summed E-state index contributed by atoms with van der Waals surface area (Å²) in [6, 6.07) is 2.62. The van der Waals surface area contributed by atoms with Gasteiger partial charge in [-0.2, -0.15) is 0 Å². The molecule has 2 aliphatic carbocycles. The van der Waals surface area contributed by atoms with Crippen molar-refractivity contribution in [1.82, 2.24) is 15.1 Å². The predicted molar refractivity (Wildman–Crippen MR) is 68.6 cm³/mol. The standard InChI is InChI=1S/C13H16ClN3O/c1-2-8-7-11(14)15-16-12(8)13(18)17(9-3-4-9)10-5-6-10/h7,9-10H,2-6H2,1H3. The van der Waals surface area contributed by atoms with E-state index in [1.54, 1.807) is 6.07 Å². The van der Waals surface area contributed by atoms with Crippen LogP contribution in [0.2, 0.25) is 5.15 Å². The highest BCUT2D eigenvalue weighted by Crippen LogP contribution is 2.38. The van der Waals surface area contributed by atoms with Crippen molar-refractivity contribution in [3.63, 3.8) is 0 Å². The molecular formula is C13H16ClN3O. The number of halogens is 1. The van der Waals surface area contributed by atoms with Crippen LogP contribution in [0.25, 0.3) is 0 Å². The topological polar surface area (TPSA) is 46.1 Å². The fourth-order valence-electron chi connectivity index (χ4n) is 2.31. The van der Waals surface area contributed by atoms with Gasteiger partial charge in [-0.1, -0.05) is 18.5 Å². The Bertz CT molecular complexity index is 471. The molecule has 0 atom stereocenters. The number of aromatic nitrogens is 2. The van der Waals surface area contributed by atoms with Crippen molar-refractivity contribution in [2.45, 2.75) is 51.1 Å². The van der Waals surface area contributed by atoms with Crippen LogP contribution in [0.15, 0.2) is 6.07 Å². The van der Waals surface area contributed by atoms with Crippen LogP contribution in [0.4, 0.5) is 0 Å². The van der Waals surface area contributed by atoms with Gasteiger partial charge in [-0.05, 0) is 43.7 Å². The summed E-state index contributed by atoms with van der Waals surface area (Å²) in [7, 11) is 0. The predicted octanol–water partition coefficient (Wildman–Crippen LogP) is 2.46. The fraction of sp³-hybridized carbons (Fsp3) is 0.615. The van der Waals surface area contributed by atoms with Gasteiger partial charge in [0.2, 0.25) is 0 Å². The molecule has 18 heavy (non-hydrogen) atoms. The third-order valence-electron chi connectivity index (χ3n) is 3.54. The maximum Gasteiger partial charge on any atom is 0.275 e. The van der Waals surface area contributed by atoms with Crippen molar-refractivity contribution in [3.05, 3.63) is 22.5 Å². The first kappa shape index (κ1) is 11.9. The van der Waals surface area contributed by atoms with E-state index in [1.807, 2.05) is 11.8 Å². The van der Waals surface area contributed by atoms with Gasteiger partial charge in [0, 0.05) is 12.1 Å². The molecule has 2 saturated carbocycles. The number of hydrogen-bond acceptors (Lipinski definition) is 3. The van der Waals surface area contributed by atoms with Crippen LogP contribution in [0.5, 0.6) is 0 Å². The summed E-state index contributed by atoms with van der Waals surface area (Å²) in [6.45, 7) is 2.00.